The van der Waals surface area contributed by atoms with Crippen LogP contribution in [0, 0.1) is 11.8 Å². The van der Waals surface area contributed by atoms with Gasteiger partial charge in [0.1, 0.15) is 17.1 Å². The number of piperidine rings is 3. The van der Waals surface area contributed by atoms with E-state index in [1.165, 1.54) is 12.8 Å². The number of benzene rings is 1. The maximum absolute atomic E-state index is 13.4. The molecule has 2 N–H and O–H groups in total. The smallest absolute Gasteiger partial charge is 0.261 e. The quantitative estimate of drug-likeness (QED) is 0.197. The predicted molar refractivity (Wildman–Crippen MR) is 198 cm³/mol. The normalized spacial score (nSPS) is 20.6. The van der Waals surface area contributed by atoms with Crippen molar-refractivity contribution < 1.29 is 19.1 Å². The number of likely N-dealkylation sites (tertiary alicyclic amines) is 1. The van der Waals surface area contributed by atoms with Crippen LogP contribution in [0.2, 0.25) is 0 Å². The molecule has 4 fully saturated rings. The first-order valence-corrected chi connectivity index (χ1v) is 19.0. The third kappa shape index (κ3) is 7.19. The number of pyridine rings is 1. The third-order valence-electron chi connectivity index (χ3n) is 11.4. The van der Waals surface area contributed by atoms with Gasteiger partial charge in [0.05, 0.1) is 36.0 Å². The summed E-state index contributed by atoms with van der Waals surface area (Å²) in [6.45, 7) is 5.75. The van der Waals surface area contributed by atoms with Gasteiger partial charge >= 0.3 is 0 Å². The summed E-state index contributed by atoms with van der Waals surface area (Å²) in [6, 6.07) is 10.0. The highest BCUT2D eigenvalue weighted by Crippen LogP contribution is 2.36. The fourth-order valence-corrected chi connectivity index (χ4v) is 8.02. The lowest BCUT2D eigenvalue weighted by Crippen LogP contribution is -2.42. The molecule has 1 aromatic carbocycles. The fraction of sp³-hybridized carbons (Fsp3) is 0.462. The molecular weight excluding hydrogens is 672 g/mol. The summed E-state index contributed by atoms with van der Waals surface area (Å²) in [5.74, 6) is 1.79. The van der Waals surface area contributed by atoms with E-state index in [-0.39, 0.29) is 23.6 Å². The van der Waals surface area contributed by atoms with Crippen molar-refractivity contribution in [2.75, 3.05) is 49.5 Å². The van der Waals surface area contributed by atoms with E-state index in [9.17, 15) is 14.4 Å². The average molecular weight is 717 g/mol. The summed E-state index contributed by atoms with van der Waals surface area (Å²) in [7, 11) is 0. The van der Waals surface area contributed by atoms with Gasteiger partial charge in [-0.05, 0) is 80.5 Å². The maximum atomic E-state index is 13.4. The first-order chi connectivity index (χ1) is 25.9. The molecule has 3 saturated heterocycles. The Morgan fingerprint density at radius 2 is 1.79 bits per heavy atom. The zero-order valence-corrected chi connectivity index (χ0v) is 29.7. The van der Waals surface area contributed by atoms with E-state index < -0.39 is 0 Å². The van der Waals surface area contributed by atoms with Crippen molar-refractivity contribution in [3.05, 3.63) is 72.4 Å². The van der Waals surface area contributed by atoms with Gasteiger partial charge in [-0.15, -0.1) is 0 Å². The molecular formula is C39H44N10O4. The first kappa shape index (κ1) is 33.5. The van der Waals surface area contributed by atoms with Gasteiger partial charge in [-0.1, -0.05) is 6.07 Å². The van der Waals surface area contributed by atoms with Crippen molar-refractivity contribution in [1.29, 1.82) is 0 Å². The lowest BCUT2D eigenvalue weighted by Gasteiger charge is -2.38. The monoisotopic (exact) mass is 716 g/mol. The van der Waals surface area contributed by atoms with Gasteiger partial charge in [-0.2, -0.15) is 10.2 Å². The number of aromatic nitrogens is 6. The Morgan fingerprint density at radius 1 is 0.943 bits per heavy atom. The highest BCUT2D eigenvalue weighted by molar-refractivity contribution is 6.09. The number of nitrogens with one attached hydrogen (secondary N) is 2. The molecule has 1 unspecified atom stereocenters. The molecule has 14 nitrogen and oxygen atoms in total. The Morgan fingerprint density at radius 3 is 2.57 bits per heavy atom. The van der Waals surface area contributed by atoms with E-state index in [0.717, 1.165) is 80.7 Å². The third-order valence-corrected chi connectivity index (χ3v) is 11.4. The van der Waals surface area contributed by atoms with Crippen molar-refractivity contribution in [3.63, 3.8) is 0 Å². The molecule has 0 spiro atoms. The minimum absolute atomic E-state index is 0.198. The molecule has 1 atom stereocenters. The average Bonchev–Trinajstić information content (AvgIpc) is 3.76. The molecule has 0 radical (unpaired) electrons. The molecule has 3 aliphatic heterocycles. The molecule has 1 saturated carbocycles. The maximum Gasteiger partial charge on any atom is 0.261 e. The number of hydrogen-bond acceptors (Lipinski definition) is 10. The summed E-state index contributed by atoms with van der Waals surface area (Å²) in [4.78, 5) is 51.2. The van der Waals surface area contributed by atoms with Crippen LogP contribution >= 0.6 is 0 Å². The predicted octanol–water partition coefficient (Wildman–Crippen LogP) is 4.59. The van der Waals surface area contributed by atoms with Gasteiger partial charge in [-0.3, -0.25) is 24.4 Å². The molecule has 7 heterocycles. The number of anilines is 2. The molecule has 4 aromatic heterocycles. The zero-order chi connectivity index (χ0) is 35.9. The Hall–Kier alpha value is -5.37. The number of imide groups is 1. The van der Waals surface area contributed by atoms with Crippen LogP contribution in [-0.2, 0) is 9.59 Å². The van der Waals surface area contributed by atoms with Crippen LogP contribution < -0.4 is 20.3 Å². The number of carbonyl (C=O) groups excluding carboxylic acids is 3. The fourth-order valence-electron chi connectivity index (χ4n) is 8.02. The van der Waals surface area contributed by atoms with Crippen LogP contribution in [0.5, 0.6) is 5.75 Å². The second-order valence-corrected chi connectivity index (χ2v) is 15.1. The van der Waals surface area contributed by atoms with Crippen molar-refractivity contribution in [3.8, 4) is 5.75 Å². The van der Waals surface area contributed by atoms with Gasteiger partial charge in [0.15, 0.2) is 5.65 Å². The Bertz CT molecular complexity index is 2140. The summed E-state index contributed by atoms with van der Waals surface area (Å²) in [5.41, 5.74) is 3.26. The van der Waals surface area contributed by atoms with Gasteiger partial charge in [-0.25, -0.2) is 14.5 Å². The van der Waals surface area contributed by atoms with Gasteiger partial charge in [0.2, 0.25) is 11.8 Å². The second kappa shape index (κ2) is 14.2. The van der Waals surface area contributed by atoms with Gasteiger partial charge in [0.25, 0.3) is 5.91 Å². The van der Waals surface area contributed by atoms with E-state index >= 15 is 0 Å². The van der Waals surface area contributed by atoms with Crippen molar-refractivity contribution in [2.45, 2.75) is 63.3 Å². The van der Waals surface area contributed by atoms with E-state index in [1.807, 2.05) is 24.3 Å². The van der Waals surface area contributed by atoms with Crippen molar-refractivity contribution >= 4 is 45.8 Å². The molecule has 4 aliphatic rings. The second-order valence-electron chi connectivity index (χ2n) is 15.1. The summed E-state index contributed by atoms with van der Waals surface area (Å²) in [5, 5.41) is 15.8. The number of hydrogen-bond donors (Lipinski definition) is 2. The Kier molecular flexibility index (Phi) is 8.98. The molecule has 3 amide bonds. The molecule has 1 aliphatic carbocycles. The van der Waals surface area contributed by atoms with Crippen LogP contribution in [0.1, 0.15) is 79.2 Å². The highest BCUT2D eigenvalue weighted by atomic mass is 16.5. The van der Waals surface area contributed by atoms with E-state index in [1.54, 1.807) is 35.4 Å². The number of nitrogens with zero attached hydrogens (tertiary/aromatic N) is 8. The van der Waals surface area contributed by atoms with Crippen molar-refractivity contribution in [2.24, 2.45) is 11.8 Å². The molecule has 9 rings (SSSR count). The number of rotatable bonds is 10. The molecule has 53 heavy (non-hydrogen) atoms. The minimum Gasteiger partial charge on any atom is -0.491 e. The van der Waals surface area contributed by atoms with Gasteiger partial charge < -0.3 is 19.9 Å². The van der Waals surface area contributed by atoms with Crippen LogP contribution in [0.3, 0.4) is 0 Å². The van der Waals surface area contributed by atoms with E-state index in [0.29, 0.717) is 60.0 Å². The summed E-state index contributed by atoms with van der Waals surface area (Å²) in [6.07, 6.45) is 16.4. The standard InChI is InChI=1S/C39H44N10O4/c50-36-7-5-30(38(51)44-36)27-4-6-35(41-20-27)47-16-8-25(9-17-47)22-46-14-10-29(11-15-46)49-23-28-18-33(34(19-32(28)45-49)53-24-26-2-3-26)43-39(52)31-21-42-48-13-1-12-40-37(31)48/h1,4,6,12-13,18-21,23,25-26,29-30H,2-3,5,7-11,14-17,22,24H2,(H,43,52)(H,44,50,51). The number of ether oxygens (including phenoxy) is 1. The number of fused-ring (bicyclic) bond motifs is 2. The van der Waals surface area contributed by atoms with E-state index in [4.69, 9.17) is 14.8 Å². The molecule has 14 heteroatoms. The molecule has 0 bridgehead atoms. The lowest BCUT2D eigenvalue weighted by atomic mass is 9.91. The SMILES string of the molecule is O=C1CCC(c2ccc(N3CCC(CN4CCC(n5cc6cc(NC(=O)c7cnn8cccnc78)c(OCC7CC7)cc6n5)CC4)CC3)nc2)C(=O)N1. The van der Waals surface area contributed by atoms with Crippen LogP contribution in [0.15, 0.2) is 61.3 Å². The Balaban J connectivity index is 0.796. The van der Waals surface area contributed by atoms with Crippen LogP contribution in [0.4, 0.5) is 11.5 Å². The van der Waals surface area contributed by atoms with E-state index in [2.05, 4.69) is 41.4 Å². The number of amides is 3. The number of carbonyl (C=O) groups is 3. The molecule has 274 valence electrons. The van der Waals surface area contributed by atoms with Crippen molar-refractivity contribution in [1.82, 2.24) is 39.6 Å². The highest BCUT2D eigenvalue weighted by Gasteiger charge is 2.30. The summed E-state index contributed by atoms with van der Waals surface area (Å²) < 4.78 is 9.95. The van der Waals surface area contributed by atoms with Gasteiger partial charge in [0, 0.05) is 75.4 Å². The zero-order valence-electron chi connectivity index (χ0n) is 29.7. The topological polar surface area (TPSA) is 152 Å². The first-order valence-electron chi connectivity index (χ1n) is 19.0. The van der Waals surface area contributed by atoms with Crippen LogP contribution in [0.25, 0.3) is 16.6 Å². The Labute approximate surface area is 306 Å². The lowest BCUT2D eigenvalue weighted by molar-refractivity contribution is -0.134. The summed E-state index contributed by atoms with van der Waals surface area (Å²) >= 11 is 0. The molecule has 5 aromatic rings. The minimum atomic E-state index is -0.304. The van der Waals surface area contributed by atoms with Crippen LogP contribution in [-0.4, -0.2) is 91.3 Å². The largest absolute Gasteiger partial charge is 0.491 e.